The highest BCUT2D eigenvalue weighted by Gasteiger charge is 2.26. The molecule has 0 atom stereocenters. The summed E-state index contributed by atoms with van der Waals surface area (Å²) < 4.78 is 2.09. The Morgan fingerprint density at radius 2 is 1.65 bits per heavy atom. The number of carbonyl (C=O) groups is 2. The first-order valence-electron chi connectivity index (χ1n) is 10.5. The summed E-state index contributed by atoms with van der Waals surface area (Å²) in [5.41, 5.74) is 2.84. The van der Waals surface area contributed by atoms with E-state index >= 15 is 0 Å². The third-order valence-corrected chi connectivity index (χ3v) is 5.69. The van der Waals surface area contributed by atoms with Gasteiger partial charge >= 0.3 is 0 Å². The van der Waals surface area contributed by atoms with Gasteiger partial charge in [0.25, 0.3) is 11.8 Å². The first kappa shape index (κ1) is 20.8. The van der Waals surface area contributed by atoms with Crippen molar-refractivity contribution in [3.05, 3.63) is 47.8 Å². The molecule has 0 radical (unpaired) electrons. The van der Waals surface area contributed by atoms with E-state index in [9.17, 15) is 9.59 Å². The number of hydrogen-bond acceptors (Lipinski definition) is 5. The molecule has 2 amide bonds. The zero-order valence-corrected chi connectivity index (χ0v) is 18.4. The van der Waals surface area contributed by atoms with E-state index in [2.05, 4.69) is 14.9 Å². The summed E-state index contributed by atoms with van der Waals surface area (Å²) in [6.45, 7) is 0. The third kappa shape index (κ3) is 4.10. The number of nitrogens with one attached hydrogen (secondary N) is 1. The fourth-order valence-electron chi connectivity index (χ4n) is 4.08. The largest absolute Gasteiger partial charge is 0.345 e. The molecule has 0 spiro atoms. The van der Waals surface area contributed by atoms with Gasteiger partial charge in [-0.05, 0) is 43.2 Å². The Labute approximate surface area is 181 Å². The highest BCUT2D eigenvalue weighted by Crippen LogP contribution is 2.34. The van der Waals surface area contributed by atoms with Crippen molar-refractivity contribution in [1.82, 2.24) is 24.3 Å². The van der Waals surface area contributed by atoms with Gasteiger partial charge in [0.15, 0.2) is 0 Å². The molecule has 1 N–H and O–H groups in total. The van der Waals surface area contributed by atoms with Gasteiger partial charge in [0.1, 0.15) is 11.3 Å². The fourth-order valence-corrected chi connectivity index (χ4v) is 4.08. The lowest BCUT2D eigenvalue weighted by atomic mass is 10.2. The number of nitrogens with zero attached hydrogens (tertiary/aromatic N) is 5. The number of hydrogen-bond donors (Lipinski definition) is 1. The van der Waals surface area contributed by atoms with Crippen molar-refractivity contribution >= 4 is 34.5 Å². The summed E-state index contributed by atoms with van der Waals surface area (Å²) >= 11 is 0. The van der Waals surface area contributed by atoms with E-state index in [1.807, 2.05) is 18.2 Å². The van der Waals surface area contributed by atoms with Gasteiger partial charge < -0.3 is 19.7 Å². The minimum Gasteiger partial charge on any atom is -0.345 e. The van der Waals surface area contributed by atoms with Crippen molar-refractivity contribution in [2.75, 3.05) is 33.5 Å². The molecule has 1 fully saturated rings. The van der Waals surface area contributed by atoms with Crippen LogP contribution >= 0.6 is 0 Å². The van der Waals surface area contributed by atoms with Crippen molar-refractivity contribution in [2.24, 2.45) is 0 Å². The van der Waals surface area contributed by atoms with Crippen molar-refractivity contribution in [3.8, 4) is 0 Å². The minimum absolute atomic E-state index is 0.0273. The lowest BCUT2D eigenvalue weighted by molar-refractivity contribution is 0.0812. The second kappa shape index (κ2) is 8.37. The number of anilines is 2. The van der Waals surface area contributed by atoms with Crippen LogP contribution in [-0.4, -0.2) is 64.3 Å². The Morgan fingerprint density at radius 1 is 1.00 bits per heavy atom. The average Bonchev–Trinajstić information content (AvgIpc) is 3.40. The number of aromatic nitrogens is 3. The van der Waals surface area contributed by atoms with E-state index < -0.39 is 0 Å². The number of fused-ring (bicyclic) bond motifs is 1. The predicted molar refractivity (Wildman–Crippen MR) is 121 cm³/mol. The van der Waals surface area contributed by atoms with Gasteiger partial charge in [0, 0.05) is 57.1 Å². The van der Waals surface area contributed by atoms with Crippen LogP contribution in [0.25, 0.3) is 11.0 Å². The van der Waals surface area contributed by atoms with Gasteiger partial charge in [0.05, 0.1) is 0 Å². The maximum absolute atomic E-state index is 12.8. The molecule has 1 aliphatic rings. The topological polar surface area (TPSA) is 83.4 Å². The van der Waals surface area contributed by atoms with Gasteiger partial charge in [-0.15, -0.1) is 0 Å². The lowest BCUT2D eigenvalue weighted by Crippen LogP contribution is -2.25. The quantitative estimate of drug-likeness (QED) is 0.681. The van der Waals surface area contributed by atoms with E-state index in [0.717, 1.165) is 42.4 Å². The molecular weight excluding hydrogens is 392 g/mol. The van der Waals surface area contributed by atoms with Crippen molar-refractivity contribution in [3.63, 3.8) is 0 Å². The molecule has 8 heteroatoms. The Kier molecular flexibility index (Phi) is 5.63. The SMILES string of the molecule is CN(C)C(=O)c1ccc(Nc2ncc3cc(C(=O)N(C)C)n(C4CCCC4)c3n2)cc1. The van der Waals surface area contributed by atoms with Gasteiger partial charge in [-0.25, -0.2) is 4.98 Å². The van der Waals surface area contributed by atoms with Crippen molar-refractivity contribution in [1.29, 1.82) is 0 Å². The van der Waals surface area contributed by atoms with E-state index in [0.29, 0.717) is 17.2 Å². The molecule has 0 aliphatic heterocycles. The summed E-state index contributed by atoms with van der Waals surface area (Å²) in [5, 5.41) is 4.07. The second-order valence-corrected chi connectivity index (χ2v) is 8.41. The molecular formula is C23H28N6O2. The van der Waals surface area contributed by atoms with Gasteiger partial charge in [-0.3, -0.25) is 9.59 Å². The normalized spacial score (nSPS) is 14.1. The molecule has 1 aliphatic carbocycles. The van der Waals surface area contributed by atoms with Crippen LogP contribution in [-0.2, 0) is 0 Å². The average molecular weight is 421 g/mol. The minimum atomic E-state index is -0.0447. The van der Waals surface area contributed by atoms with Crippen LogP contribution in [0.1, 0.15) is 52.6 Å². The summed E-state index contributed by atoms with van der Waals surface area (Å²) in [5.74, 6) is 0.387. The van der Waals surface area contributed by atoms with Crippen molar-refractivity contribution < 1.29 is 9.59 Å². The molecule has 2 aromatic heterocycles. The zero-order chi connectivity index (χ0) is 22.1. The van der Waals surface area contributed by atoms with Crippen LogP contribution in [0.2, 0.25) is 0 Å². The molecule has 0 saturated heterocycles. The zero-order valence-electron chi connectivity index (χ0n) is 18.4. The number of rotatable bonds is 5. The second-order valence-electron chi connectivity index (χ2n) is 8.41. The smallest absolute Gasteiger partial charge is 0.270 e. The maximum atomic E-state index is 12.8. The van der Waals surface area contributed by atoms with Crippen LogP contribution in [0.4, 0.5) is 11.6 Å². The summed E-state index contributed by atoms with van der Waals surface area (Å²) in [7, 11) is 6.99. The molecule has 8 nitrogen and oxygen atoms in total. The van der Waals surface area contributed by atoms with Crippen LogP contribution in [0.3, 0.4) is 0 Å². The molecule has 2 heterocycles. The fraction of sp³-hybridized carbons (Fsp3) is 0.391. The summed E-state index contributed by atoms with van der Waals surface area (Å²) in [4.78, 5) is 37.2. The molecule has 3 aromatic rings. The number of carbonyl (C=O) groups excluding carboxylic acids is 2. The van der Waals surface area contributed by atoms with Crippen LogP contribution in [0.5, 0.6) is 0 Å². The maximum Gasteiger partial charge on any atom is 0.270 e. The molecule has 0 bridgehead atoms. The number of benzene rings is 1. The van der Waals surface area contributed by atoms with E-state index in [-0.39, 0.29) is 17.9 Å². The predicted octanol–water partition coefficient (Wildman–Crippen LogP) is 3.69. The van der Waals surface area contributed by atoms with E-state index in [1.54, 1.807) is 56.3 Å². The Morgan fingerprint density at radius 3 is 2.26 bits per heavy atom. The van der Waals surface area contributed by atoms with Crippen molar-refractivity contribution in [2.45, 2.75) is 31.7 Å². The molecule has 162 valence electrons. The first-order chi connectivity index (χ1) is 14.8. The highest BCUT2D eigenvalue weighted by atomic mass is 16.2. The highest BCUT2D eigenvalue weighted by molar-refractivity contribution is 5.98. The Bertz CT molecular complexity index is 1110. The Balaban J connectivity index is 1.68. The first-order valence-corrected chi connectivity index (χ1v) is 10.5. The Hall–Kier alpha value is -3.42. The molecule has 1 aromatic carbocycles. The van der Waals surface area contributed by atoms with Crippen LogP contribution in [0, 0.1) is 0 Å². The number of amides is 2. The van der Waals surface area contributed by atoms with Gasteiger partial charge in [-0.2, -0.15) is 4.98 Å². The monoisotopic (exact) mass is 420 g/mol. The molecule has 31 heavy (non-hydrogen) atoms. The molecule has 1 saturated carbocycles. The van der Waals surface area contributed by atoms with Crippen LogP contribution in [0.15, 0.2) is 36.5 Å². The standard InChI is InChI=1S/C23H28N6O2/c1-27(2)21(30)15-9-11-17(12-10-15)25-23-24-14-16-13-19(22(31)28(3)4)29(20(16)26-23)18-7-5-6-8-18/h9-14,18H,5-8H2,1-4H3,(H,24,25,26). The lowest BCUT2D eigenvalue weighted by Gasteiger charge is -2.19. The molecule has 4 rings (SSSR count). The van der Waals surface area contributed by atoms with Gasteiger partial charge in [0.2, 0.25) is 5.95 Å². The van der Waals surface area contributed by atoms with Crippen LogP contribution < -0.4 is 5.32 Å². The van der Waals surface area contributed by atoms with Gasteiger partial charge in [-0.1, -0.05) is 12.8 Å². The summed E-state index contributed by atoms with van der Waals surface area (Å²) in [6, 6.07) is 9.39. The van der Waals surface area contributed by atoms with E-state index in [1.165, 1.54) is 0 Å². The van der Waals surface area contributed by atoms with E-state index in [4.69, 9.17) is 4.98 Å². The molecule has 0 unspecified atom stereocenters. The summed E-state index contributed by atoms with van der Waals surface area (Å²) in [6.07, 6.45) is 6.17. The third-order valence-electron chi connectivity index (χ3n) is 5.69.